The van der Waals surface area contributed by atoms with Crippen LogP contribution in [0.1, 0.15) is 15.2 Å². The van der Waals surface area contributed by atoms with Crippen molar-refractivity contribution in [2.75, 3.05) is 20.2 Å². The summed E-state index contributed by atoms with van der Waals surface area (Å²) in [4.78, 5) is 26.6. The molecule has 2 amide bonds. The molecule has 1 N–H and O–H groups in total. The van der Waals surface area contributed by atoms with E-state index in [4.69, 9.17) is 4.74 Å². The van der Waals surface area contributed by atoms with E-state index in [1.807, 2.05) is 41.8 Å². The third-order valence-corrected chi connectivity index (χ3v) is 4.76. The molecule has 23 heavy (non-hydrogen) atoms. The number of ether oxygens (including phenoxy) is 1. The van der Waals surface area contributed by atoms with E-state index in [9.17, 15) is 9.59 Å². The van der Waals surface area contributed by atoms with Gasteiger partial charge in [-0.25, -0.2) is 0 Å². The second-order valence-electron chi connectivity index (χ2n) is 5.45. The minimum Gasteiger partial charge on any atom is -0.497 e. The average Bonchev–Trinajstić information content (AvgIpc) is 3.06. The Hall–Kier alpha value is -2.34. The number of hydrogen-bond acceptors (Lipinski definition) is 4. The summed E-state index contributed by atoms with van der Waals surface area (Å²) < 4.78 is 5.10. The van der Waals surface area contributed by atoms with Crippen LogP contribution in [0.3, 0.4) is 0 Å². The van der Waals surface area contributed by atoms with Gasteiger partial charge in [0.1, 0.15) is 5.75 Å². The van der Waals surface area contributed by atoms with Gasteiger partial charge in [-0.1, -0.05) is 18.2 Å². The van der Waals surface area contributed by atoms with Gasteiger partial charge < -0.3 is 15.0 Å². The Balaban J connectivity index is 1.44. The van der Waals surface area contributed by atoms with E-state index < -0.39 is 0 Å². The Morgan fingerprint density at radius 2 is 2.00 bits per heavy atom. The highest BCUT2D eigenvalue weighted by molar-refractivity contribution is 7.12. The van der Waals surface area contributed by atoms with Gasteiger partial charge in [-0.15, -0.1) is 11.3 Å². The van der Waals surface area contributed by atoms with Crippen LogP contribution in [-0.2, 0) is 11.3 Å². The van der Waals surface area contributed by atoms with Gasteiger partial charge in [0.2, 0.25) is 5.91 Å². The minimum atomic E-state index is -0.114. The van der Waals surface area contributed by atoms with Crippen molar-refractivity contribution in [2.24, 2.45) is 5.92 Å². The third kappa shape index (κ3) is 3.53. The molecular formula is C17H18N2O3S. The summed E-state index contributed by atoms with van der Waals surface area (Å²) in [6.07, 6.45) is 0. The van der Waals surface area contributed by atoms with Crippen molar-refractivity contribution in [3.05, 3.63) is 52.2 Å². The maximum absolute atomic E-state index is 12.1. The van der Waals surface area contributed by atoms with Gasteiger partial charge in [-0.2, -0.15) is 0 Å². The first-order valence-corrected chi connectivity index (χ1v) is 8.29. The second kappa shape index (κ2) is 6.83. The number of carbonyl (C=O) groups excluding carboxylic acids is 2. The van der Waals surface area contributed by atoms with Crippen LogP contribution in [0.5, 0.6) is 5.75 Å². The lowest BCUT2D eigenvalue weighted by Crippen LogP contribution is -2.55. The zero-order valence-electron chi connectivity index (χ0n) is 12.8. The molecule has 0 saturated carbocycles. The van der Waals surface area contributed by atoms with Crippen molar-refractivity contribution >= 4 is 23.2 Å². The lowest BCUT2D eigenvalue weighted by Gasteiger charge is -2.37. The maximum Gasteiger partial charge on any atom is 0.263 e. The largest absolute Gasteiger partial charge is 0.497 e. The standard InChI is InChI=1S/C17H18N2O3S/c1-22-14-6-4-12(5-7-14)9-18-16(20)13-10-19(11-13)17(21)15-3-2-8-23-15/h2-8,13H,9-11H2,1H3,(H,18,20). The van der Waals surface area contributed by atoms with Gasteiger partial charge in [-0.3, -0.25) is 9.59 Å². The molecule has 0 atom stereocenters. The maximum atomic E-state index is 12.1. The number of nitrogens with zero attached hydrogens (tertiary/aromatic N) is 1. The van der Waals surface area contributed by atoms with E-state index in [0.717, 1.165) is 16.2 Å². The molecule has 0 spiro atoms. The van der Waals surface area contributed by atoms with Crippen molar-refractivity contribution in [1.82, 2.24) is 10.2 Å². The molecule has 1 aromatic carbocycles. The van der Waals surface area contributed by atoms with Crippen LogP contribution in [0, 0.1) is 5.92 Å². The summed E-state index contributed by atoms with van der Waals surface area (Å²) in [5.41, 5.74) is 1.02. The van der Waals surface area contributed by atoms with Crippen molar-refractivity contribution in [1.29, 1.82) is 0 Å². The summed E-state index contributed by atoms with van der Waals surface area (Å²) in [6.45, 7) is 1.47. The average molecular weight is 330 g/mol. The van der Waals surface area contributed by atoms with E-state index >= 15 is 0 Å². The number of rotatable bonds is 5. The molecule has 2 heterocycles. The summed E-state index contributed by atoms with van der Waals surface area (Å²) >= 11 is 1.43. The number of carbonyl (C=O) groups is 2. The fraction of sp³-hybridized carbons (Fsp3) is 0.294. The summed E-state index contributed by atoms with van der Waals surface area (Å²) in [5, 5.41) is 4.80. The van der Waals surface area contributed by atoms with Crippen LogP contribution in [0.15, 0.2) is 41.8 Å². The predicted molar refractivity (Wildman–Crippen MR) is 88.6 cm³/mol. The van der Waals surface area contributed by atoms with Crippen LogP contribution in [0.2, 0.25) is 0 Å². The van der Waals surface area contributed by atoms with Crippen molar-refractivity contribution < 1.29 is 14.3 Å². The van der Waals surface area contributed by atoms with E-state index in [1.54, 1.807) is 12.0 Å². The number of amides is 2. The Morgan fingerprint density at radius 3 is 2.61 bits per heavy atom. The molecule has 3 rings (SSSR count). The summed E-state index contributed by atoms with van der Waals surface area (Å²) in [6, 6.07) is 11.2. The number of nitrogens with one attached hydrogen (secondary N) is 1. The van der Waals surface area contributed by atoms with Crippen molar-refractivity contribution in [2.45, 2.75) is 6.54 Å². The van der Waals surface area contributed by atoms with E-state index in [2.05, 4.69) is 5.32 Å². The molecule has 1 saturated heterocycles. The highest BCUT2D eigenvalue weighted by Gasteiger charge is 2.36. The van der Waals surface area contributed by atoms with Gasteiger partial charge in [0.15, 0.2) is 0 Å². The SMILES string of the molecule is COc1ccc(CNC(=O)C2CN(C(=O)c3cccs3)C2)cc1. The number of hydrogen-bond donors (Lipinski definition) is 1. The lowest BCUT2D eigenvalue weighted by molar-refractivity contribution is -0.129. The van der Waals surface area contributed by atoms with E-state index in [1.165, 1.54) is 11.3 Å². The van der Waals surface area contributed by atoms with E-state index in [0.29, 0.717) is 19.6 Å². The number of thiophene rings is 1. The Labute approximate surface area is 138 Å². The predicted octanol–water partition coefficient (Wildman–Crippen LogP) is 2.15. The number of methoxy groups -OCH3 is 1. The second-order valence-corrected chi connectivity index (χ2v) is 6.40. The summed E-state index contributed by atoms with van der Waals surface area (Å²) in [5.74, 6) is 0.689. The molecule has 0 unspecified atom stereocenters. The van der Waals surface area contributed by atoms with Gasteiger partial charge in [-0.05, 0) is 29.1 Å². The fourth-order valence-corrected chi connectivity index (χ4v) is 3.13. The first kappa shape index (κ1) is 15.6. The van der Waals surface area contributed by atoms with Gasteiger partial charge in [0, 0.05) is 19.6 Å². The molecule has 1 aromatic heterocycles. The highest BCUT2D eigenvalue weighted by Crippen LogP contribution is 2.21. The van der Waals surface area contributed by atoms with Crippen LogP contribution in [0.25, 0.3) is 0 Å². The molecule has 0 aliphatic carbocycles. The Morgan fingerprint density at radius 1 is 1.26 bits per heavy atom. The molecular weight excluding hydrogens is 312 g/mol. The van der Waals surface area contributed by atoms with Crippen LogP contribution < -0.4 is 10.1 Å². The molecule has 5 nitrogen and oxygen atoms in total. The molecule has 120 valence electrons. The first-order valence-electron chi connectivity index (χ1n) is 7.41. The van der Waals surface area contributed by atoms with Gasteiger partial charge in [0.25, 0.3) is 5.91 Å². The molecule has 2 aromatic rings. The zero-order valence-corrected chi connectivity index (χ0v) is 13.6. The Bertz CT molecular complexity index is 676. The normalized spacial score (nSPS) is 14.2. The van der Waals surface area contributed by atoms with Crippen molar-refractivity contribution in [3.8, 4) is 5.75 Å². The smallest absolute Gasteiger partial charge is 0.263 e. The summed E-state index contributed by atoms with van der Waals surface area (Å²) in [7, 11) is 1.62. The molecule has 1 aliphatic heterocycles. The highest BCUT2D eigenvalue weighted by atomic mass is 32.1. The lowest BCUT2D eigenvalue weighted by atomic mass is 9.98. The fourth-order valence-electron chi connectivity index (χ4n) is 2.44. The first-order chi connectivity index (χ1) is 11.2. The van der Waals surface area contributed by atoms with E-state index in [-0.39, 0.29) is 17.7 Å². The minimum absolute atomic E-state index is 0.00366. The topological polar surface area (TPSA) is 58.6 Å². The third-order valence-electron chi connectivity index (χ3n) is 3.90. The van der Waals surface area contributed by atoms with Gasteiger partial charge in [0.05, 0.1) is 17.9 Å². The molecule has 6 heteroatoms. The molecule has 0 radical (unpaired) electrons. The monoisotopic (exact) mass is 330 g/mol. The Kier molecular flexibility index (Phi) is 4.62. The van der Waals surface area contributed by atoms with Crippen LogP contribution >= 0.6 is 11.3 Å². The quantitative estimate of drug-likeness (QED) is 0.914. The van der Waals surface area contributed by atoms with Crippen LogP contribution in [-0.4, -0.2) is 36.9 Å². The molecule has 1 fully saturated rings. The van der Waals surface area contributed by atoms with Gasteiger partial charge >= 0.3 is 0 Å². The molecule has 0 bridgehead atoms. The van der Waals surface area contributed by atoms with Crippen LogP contribution in [0.4, 0.5) is 0 Å². The molecule has 1 aliphatic rings. The zero-order chi connectivity index (χ0) is 16.2. The number of benzene rings is 1. The van der Waals surface area contributed by atoms with Crippen molar-refractivity contribution in [3.63, 3.8) is 0 Å². The number of likely N-dealkylation sites (tertiary alicyclic amines) is 1.